The number of carbonyl (C=O) groups excluding carboxylic acids is 1. The molecule has 0 fully saturated rings. The summed E-state index contributed by atoms with van der Waals surface area (Å²) in [7, 11) is 0. The van der Waals surface area contributed by atoms with Crippen molar-refractivity contribution in [1.29, 1.82) is 0 Å². The van der Waals surface area contributed by atoms with Crippen molar-refractivity contribution < 1.29 is 4.79 Å². The fourth-order valence-corrected chi connectivity index (χ4v) is 4.44. The number of aromatic nitrogens is 4. The van der Waals surface area contributed by atoms with Gasteiger partial charge in [0.25, 0.3) is 0 Å². The van der Waals surface area contributed by atoms with E-state index in [4.69, 9.17) is 11.6 Å². The van der Waals surface area contributed by atoms with Crippen LogP contribution < -0.4 is 5.32 Å². The summed E-state index contributed by atoms with van der Waals surface area (Å²) in [5, 5.41) is 12.5. The number of amides is 1. The van der Waals surface area contributed by atoms with Crippen molar-refractivity contribution >= 4 is 56.0 Å². The fraction of sp³-hybridized carbons (Fsp3) is 0.158. The van der Waals surface area contributed by atoms with E-state index in [-0.39, 0.29) is 11.2 Å². The van der Waals surface area contributed by atoms with Crippen LogP contribution >= 0.6 is 34.7 Å². The summed E-state index contributed by atoms with van der Waals surface area (Å²) in [5.41, 5.74) is 2.72. The third-order valence-corrected chi connectivity index (χ3v) is 6.54. The van der Waals surface area contributed by atoms with Crippen molar-refractivity contribution in [2.45, 2.75) is 24.3 Å². The molecule has 0 aliphatic heterocycles. The number of carbonyl (C=O) groups is 1. The molecule has 4 aromatic rings. The number of fused-ring (bicyclic) bond motifs is 1. The predicted molar refractivity (Wildman–Crippen MR) is 115 cm³/mol. The fourth-order valence-electron chi connectivity index (χ4n) is 2.56. The summed E-state index contributed by atoms with van der Waals surface area (Å²) in [6.07, 6.45) is 1.61. The highest BCUT2D eigenvalue weighted by Gasteiger charge is 2.20. The SMILES string of the molecule is Cc1ccc(-n2cnnc2SC(C)C(=O)Nc2nc3ccccc3s2)cc1Cl. The van der Waals surface area contributed by atoms with E-state index in [1.54, 1.807) is 6.33 Å². The Morgan fingerprint density at radius 1 is 1.29 bits per heavy atom. The molecule has 0 aliphatic carbocycles. The highest BCUT2D eigenvalue weighted by atomic mass is 35.5. The van der Waals surface area contributed by atoms with Crippen LogP contribution in [0.5, 0.6) is 0 Å². The molecule has 9 heteroatoms. The van der Waals surface area contributed by atoms with Crippen LogP contribution in [0.4, 0.5) is 5.13 Å². The molecular formula is C19H16ClN5OS2. The van der Waals surface area contributed by atoms with E-state index < -0.39 is 0 Å². The molecule has 2 aromatic heterocycles. The summed E-state index contributed by atoms with van der Waals surface area (Å²) in [4.78, 5) is 17.1. The smallest absolute Gasteiger partial charge is 0.239 e. The maximum Gasteiger partial charge on any atom is 0.239 e. The average molecular weight is 430 g/mol. The van der Waals surface area contributed by atoms with Crippen LogP contribution in [-0.4, -0.2) is 30.9 Å². The average Bonchev–Trinajstić information content (AvgIpc) is 3.30. The second-order valence-corrected chi connectivity index (χ2v) is 8.90. The summed E-state index contributed by atoms with van der Waals surface area (Å²) in [6, 6.07) is 13.5. The van der Waals surface area contributed by atoms with Crippen LogP contribution in [0.25, 0.3) is 15.9 Å². The van der Waals surface area contributed by atoms with Gasteiger partial charge in [-0.15, -0.1) is 10.2 Å². The Morgan fingerprint density at radius 2 is 2.11 bits per heavy atom. The van der Waals surface area contributed by atoms with E-state index in [1.807, 2.05) is 60.9 Å². The third-order valence-electron chi connectivity index (χ3n) is 4.13. The van der Waals surface area contributed by atoms with Gasteiger partial charge in [0.2, 0.25) is 5.91 Å². The van der Waals surface area contributed by atoms with E-state index in [0.29, 0.717) is 15.3 Å². The molecule has 142 valence electrons. The minimum Gasteiger partial charge on any atom is -0.301 e. The van der Waals surface area contributed by atoms with Crippen molar-refractivity contribution in [3.05, 3.63) is 59.4 Å². The maximum atomic E-state index is 12.6. The van der Waals surface area contributed by atoms with Gasteiger partial charge in [0.15, 0.2) is 10.3 Å². The molecular weight excluding hydrogens is 414 g/mol. The molecule has 2 aromatic carbocycles. The van der Waals surface area contributed by atoms with Crippen molar-refractivity contribution in [3.63, 3.8) is 0 Å². The quantitative estimate of drug-likeness (QED) is 0.454. The lowest BCUT2D eigenvalue weighted by atomic mass is 10.2. The molecule has 0 saturated heterocycles. The van der Waals surface area contributed by atoms with Gasteiger partial charge in [0.1, 0.15) is 6.33 Å². The van der Waals surface area contributed by atoms with Gasteiger partial charge in [-0.05, 0) is 43.7 Å². The first-order valence-electron chi connectivity index (χ1n) is 8.51. The molecule has 1 unspecified atom stereocenters. The predicted octanol–water partition coefficient (Wildman–Crippen LogP) is 4.96. The lowest BCUT2D eigenvalue weighted by Crippen LogP contribution is -2.22. The second kappa shape index (κ2) is 7.90. The molecule has 0 spiro atoms. The first-order chi connectivity index (χ1) is 13.5. The molecule has 6 nitrogen and oxygen atoms in total. The van der Waals surface area contributed by atoms with Gasteiger partial charge in [-0.1, -0.05) is 52.9 Å². The molecule has 4 rings (SSSR count). The Hall–Kier alpha value is -2.42. The summed E-state index contributed by atoms with van der Waals surface area (Å²) in [5.74, 6) is -0.138. The zero-order valence-electron chi connectivity index (χ0n) is 15.1. The Balaban J connectivity index is 1.49. The number of benzene rings is 2. The first-order valence-corrected chi connectivity index (χ1v) is 10.6. The number of hydrogen-bond acceptors (Lipinski definition) is 6. The van der Waals surface area contributed by atoms with Gasteiger partial charge in [-0.3, -0.25) is 9.36 Å². The van der Waals surface area contributed by atoms with Gasteiger partial charge < -0.3 is 5.32 Å². The zero-order chi connectivity index (χ0) is 19.7. The Kier molecular flexibility index (Phi) is 5.34. The largest absolute Gasteiger partial charge is 0.301 e. The first kappa shape index (κ1) is 18.9. The van der Waals surface area contributed by atoms with Gasteiger partial charge >= 0.3 is 0 Å². The monoisotopic (exact) mass is 429 g/mol. The van der Waals surface area contributed by atoms with Gasteiger partial charge in [0, 0.05) is 5.02 Å². The molecule has 28 heavy (non-hydrogen) atoms. The number of anilines is 1. The molecule has 0 saturated carbocycles. The third kappa shape index (κ3) is 3.89. The minimum atomic E-state index is -0.379. The number of thioether (sulfide) groups is 1. The van der Waals surface area contributed by atoms with E-state index in [1.165, 1.54) is 23.1 Å². The zero-order valence-corrected chi connectivity index (χ0v) is 17.5. The number of halogens is 1. The maximum absolute atomic E-state index is 12.6. The number of para-hydroxylation sites is 1. The van der Waals surface area contributed by atoms with E-state index in [0.717, 1.165) is 21.5 Å². The molecule has 0 aliphatic rings. The van der Waals surface area contributed by atoms with Gasteiger partial charge in [-0.25, -0.2) is 4.98 Å². The van der Waals surface area contributed by atoms with Crippen LogP contribution in [0.3, 0.4) is 0 Å². The van der Waals surface area contributed by atoms with Crippen LogP contribution in [-0.2, 0) is 4.79 Å². The summed E-state index contributed by atoms with van der Waals surface area (Å²) < 4.78 is 2.85. The standard InChI is InChI=1S/C19H16ClN5OS2/c1-11-7-8-13(9-14(11)20)25-10-21-24-19(25)27-12(2)17(26)23-18-22-15-5-3-4-6-16(15)28-18/h3-10,12H,1-2H3,(H,22,23,26). The number of nitrogens with zero attached hydrogens (tertiary/aromatic N) is 4. The minimum absolute atomic E-state index is 0.138. The normalized spacial score (nSPS) is 12.2. The number of thiazole rings is 1. The molecule has 1 N–H and O–H groups in total. The molecule has 2 heterocycles. The van der Waals surface area contributed by atoms with Crippen molar-refractivity contribution in [2.24, 2.45) is 0 Å². The molecule has 1 amide bonds. The van der Waals surface area contributed by atoms with Gasteiger partial charge in [-0.2, -0.15) is 0 Å². The van der Waals surface area contributed by atoms with Crippen LogP contribution in [0.2, 0.25) is 5.02 Å². The lowest BCUT2D eigenvalue weighted by molar-refractivity contribution is -0.115. The van der Waals surface area contributed by atoms with E-state index in [9.17, 15) is 4.79 Å². The van der Waals surface area contributed by atoms with E-state index in [2.05, 4.69) is 20.5 Å². The molecule has 1 atom stereocenters. The number of hydrogen-bond donors (Lipinski definition) is 1. The lowest BCUT2D eigenvalue weighted by Gasteiger charge is -2.12. The molecule has 0 bridgehead atoms. The van der Waals surface area contributed by atoms with Crippen molar-refractivity contribution in [2.75, 3.05) is 5.32 Å². The van der Waals surface area contributed by atoms with Crippen LogP contribution in [0.1, 0.15) is 12.5 Å². The van der Waals surface area contributed by atoms with Crippen molar-refractivity contribution in [1.82, 2.24) is 19.7 Å². The van der Waals surface area contributed by atoms with E-state index >= 15 is 0 Å². The highest BCUT2D eigenvalue weighted by Crippen LogP contribution is 2.29. The summed E-state index contributed by atoms with van der Waals surface area (Å²) in [6.45, 7) is 3.77. The topological polar surface area (TPSA) is 72.7 Å². The highest BCUT2D eigenvalue weighted by molar-refractivity contribution is 8.00. The summed E-state index contributed by atoms with van der Waals surface area (Å²) >= 11 is 9.01. The second-order valence-electron chi connectivity index (χ2n) is 6.15. The number of nitrogens with one attached hydrogen (secondary N) is 1. The van der Waals surface area contributed by atoms with Crippen molar-refractivity contribution in [3.8, 4) is 5.69 Å². The Bertz CT molecular complexity index is 1120. The Morgan fingerprint density at radius 3 is 2.89 bits per heavy atom. The van der Waals surface area contributed by atoms with Crippen LogP contribution in [0.15, 0.2) is 53.9 Å². The van der Waals surface area contributed by atoms with Gasteiger partial charge in [0.05, 0.1) is 21.2 Å². The van der Waals surface area contributed by atoms with Crippen LogP contribution in [0, 0.1) is 6.92 Å². The Labute approximate surface area is 175 Å². The number of aryl methyl sites for hydroxylation is 1. The number of rotatable bonds is 5. The molecule has 0 radical (unpaired) electrons.